The van der Waals surface area contributed by atoms with Crippen LogP contribution in [0.5, 0.6) is 0 Å². The predicted octanol–water partition coefficient (Wildman–Crippen LogP) is 3.53. The summed E-state index contributed by atoms with van der Waals surface area (Å²) in [5.74, 6) is 0. The Bertz CT molecular complexity index is 638. The van der Waals surface area contributed by atoms with Gasteiger partial charge in [-0.25, -0.2) is 4.68 Å². The lowest BCUT2D eigenvalue weighted by atomic mass is 10.3. The lowest BCUT2D eigenvalue weighted by molar-refractivity contribution is 0.897. The maximum Gasteiger partial charge on any atom is 0.102 e. The summed E-state index contributed by atoms with van der Waals surface area (Å²) < 4.78 is 1.65. The molecule has 1 radical (unpaired) electrons. The topological polar surface area (TPSA) is 30.7 Å². The first-order chi connectivity index (χ1) is 8.25. The molecule has 3 nitrogen and oxygen atoms in total. The molecule has 0 amide bonds. The van der Waals surface area contributed by atoms with Crippen molar-refractivity contribution in [2.75, 3.05) is 0 Å². The van der Waals surface area contributed by atoms with Crippen LogP contribution in [0.3, 0.4) is 0 Å². The summed E-state index contributed by atoms with van der Waals surface area (Å²) in [6, 6.07) is 7.16. The van der Waals surface area contributed by atoms with E-state index in [0.29, 0.717) is 15.7 Å². The summed E-state index contributed by atoms with van der Waals surface area (Å²) in [6.45, 7) is 0. The summed E-state index contributed by atoms with van der Waals surface area (Å²) in [5, 5.41) is 6.31. The molecule has 2 heterocycles. The molecule has 17 heavy (non-hydrogen) atoms. The van der Waals surface area contributed by atoms with Gasteiger partial charge in [0.25, 0.3) is 0 Å². The van der Waals surface area contributed by atoms with Gasteiger partial charge < -0.3 is 0 Å². The van der Waals surface area contributed by atoms with E-state index in [1.165, 1.54) is 0 Å². The van der Waals surface area contributed by atoms with Gasteiger partial charge in [-0.05, 0) is 18.2 Å². The molecule has 5 heteroatoms. The molecule has 0 unspecified atom stereocenters. The molecule has 83 valence electrons. The lowest BCUT2D eigenvalue weighted by Gasteiger charge is -2.05. The van der Waals surface area contributed by atoms with Gasteiger partial charge in [-0.15, -0.1) is 0 Å². The molecule has 0 N–H and O–H groups in total. The number of nitrogens with zero attached hydrogens (tertiary/aromatic N) is 3. The molecule has 2 aromatic heterocycles. The first-order valence-corrected chi connectivity index (χ1v) is 5.68. The maximum absolute atomic E-state index is 6.12. The standard InChI is InChI=1S/C12H6Cl2N3/c13-9-2-1-3-10(14)12(9)17-7-8-6-15-5-4-11(8)16-17/h1-5,7H. The van der Waals surface area contributed by atoms with Crippen molar-refractivity contribution in [3.63, 3.8) is 0 Å². The van der Waals surface area contributed by atoms with Crippen LogP contribution in [0, 0.1) is 6.20 Å². The molecule has 3 aromatic rings. The zero-order valence-corrected chi connectivity index (χ0v) is 10.1. The van der Waals surface area contributed by atoms with E-state index in [1.807, 2.05) is 6.07 Å². The minimum atomic E-state index is 0.554. The number of benzene rings is 1. The summed E-state index contributed by atoms with van der Waals surface area (Å²) in [5.41, 5.74) is 1.47. The number of pyridine rings is 1. The molecule has 0 bridgehead atoms. The Kier molecular flexibility index (Phi) is 2.50. The average Bonchev–Trinajstić information content (AvgIpc) is 2.71. The van der Waals surface area contributed by atoms with Crippen LogP contribution < -0.4 is 0 Å². The number of rotatable bonds is 1. The van der Waals surface area contributed by atoms with Crippen LogP contribution in [0.15, 0.2) is 36.7 Å². The Morgan fingerprint density at radius 1 is 1.12 bits per heavy atom. The van der Waals surface area contributed by atoms with Gasteiger partial charge in [-0.1, -0.05) is 29.3 Å². The van der Waals surface area contributed by atoms with Crippen molar-refractivity contribution in [2.24, 2.45) is 0 Å². The van der Waals surface area contributed by atoms with Gasteiger partial charge in [-0.3, -0.25) is 4.98 Å². The van der Waals surface area contributed by atoms with Crippen LogP contribution in [-0.2, 0) is 0 Å². The number of hydrogen-bond donors (Lipinski definition) is 0. The number of aromatic nitrogens is 3. The summed E-state index contributed by atoms with van der Waals surface area (Å²) in [4.78, 5) is 3.92. The Labute approximate surface area is 108 Å². The maximum atomic E-state index is 6.12. The van der Waals surface area contributed by atoms with Crippen LogP contribution in [0.2, 0.25) is 10.0 Å². The third-order valence-electron chi connectivity index (χ3n) is 2.40. The molecular formula is C12H6Cl2N3. The van der Waals surface area contributed by atoms with Crippen molar-refractivity contribution in [3.8, 4) is 5.69 Å². The van der Waals surface area contributed by atoms with Crippen molar-refractivity contribution in [1.82, 2.24) is 14.8 Å². The summed E-state index contributed by atoms with van der Waals surface area (Å²) >= 11 is 12.2. The van der Waals surface area contributed by atoms with Crippen LogP contribution in [0.1, 0.15) is 0 Å². The van der Waals surface area contributed by atoms with Gasteiger partial charge in [0.05, 0.1) is 15.6 Å². The second-order valence-corrected chi connectivity index (χ2v) is 4.31. The zero-order valence-electron chi connectivity index (χ0n) is 8.56. The van der Waals surface area contributed by atoms with Crippen molar-refractivity contribution in [3.05, 3.63) is 52.9 Å². The zero-order chi connectivity index (χ0) is 11.8. The van der Waals surface area contributed by atoms with Crippen LogP contribution in [0.25, 0.3) is 16.6 Å². The largest absolute Gasteiger partial charge is 0.254 e. The van der Waals surface area contributed by atoms with E-state index in [1.54, 1.807) is 35.3 Å². The fraction of sp³-hybridized carbons (Fsp3) is 0. The molecule has 0 spiro atoms. The van der Waals surface area contributed by atoms with Crippen molar-refractivity contribution >= 4 is 34.1 Å². The van der Waals surface area contributed by atoms with E-state index in [9.17, 15) is 0 Å². The number of fused-ring (bicyclic) bond motifs is 1. The van der Waals surface area contributed by atoms with E-state index < -0.39 is 0 Å². The van der Waals surface area contributed by atoms with Gasteiger partial charge in [0.2, 0.25) is 0 Å². The van der Waals surface area contributed by atoms with Gasteiger partial charge in [-0.2, -0.15) is 5.10 Å². The molecular weight excluding hydrogens is 257 g/mol. The van der Waals surface area contributed by atoms with Crippen LogP contribution in [0.4, 0.5) is 0 Å². The molecule has 0 saturated carbocycles. The summed E-state index contributed by atoms with van der Waals surface area (Å²) in [7, 11) is 0. The van der Waals surface area contributed by atoms with E-state index >= 15 is 0 Å². The van der Waals surface area contributed by atoms with Crippen molar-refractivity contribution in [2.45, 2.75) is 0 Å². The van der Waals surface area contributed by atoms with Gasteiger partial charge in [0.1, 0.15) is 11.9 Å². The molecule has 3 rings (SSSR count). The normalized spacial score (nSPS) is 10.9. The SMILES string of the molecule is Clc1cccc(Cl)c1-n1cc2[c]nccc2n1. The third kappa shape index (κ3) is 1.77. The second-order valence-electron chi connectivity index (χ2n) is 3.50. The molecule has 0 saturated heterocycles. The highest BCUT2D eigenvalue weighted by molar-refractivity contribution is 6.37. The number of hydrogen-bond acceptors (Lipinski definition) is 2. The van der Waals surface area contributed by atoms with Gasteiger partial charge in [0.15, 0.2) is 0 Å². The summed E-state index contributed by atoms with van der Waals surface area (Å²) in [6.07, 6.45) is 6.31. The first kappa shape index (κ1) is 10.6. The minimum Gasteiger partial charge on any atom is -0.254 e. The Morgan fingerprint density at radius 3 is 2.59 bits per heavy atom. The molecule has 0 aliphatic rings. The third-order valence-corrected chi connectivity index (χ3v) is 3.01. The Morgan fingerprint density at radius 2 is 1.88 bits per heavy atom. The average molecular weight is 263 g/mol. The second kappa shape index (κ2) is 4.02. The number of halogens is 2. The van der Waals surface area contributed by atoms with Crippen LogP contribution in [-0.4, -0.2) is 14.8 Å². The van der Waals surface area contributed by atoms with E-state index in [-0.39, 0.29) is 0 Å². The highest BCUT2D eigenvalue weighted by Gasteiger charge is 2.10. The molecule has 0 aliphatic carbocycles. The Balaban J connectivity index is 2.27. The van der Waals surface area contributed by atoms with Gasteiger partial charge >= 0.3 is 0 Å². The molecule has 0 fully saturated rings. The van der Waals surface area contributed by atoms with E-state index in [2.05, 4.69) is 16.3 Å². The monoisotopic (exact) mass is 262 g/mol. The smallest absolute Gasteiger partial charge is 0.102 e. The fourth-order valence-corrected chi connectivity index (χ4v) is 2.20. The highest BCUT2D eigenvalue weighted by Crippen LogP contribution is 2.28. The van der Waals surface area contributed by atoms with Gasteiger partial charge in [0, 0.05) is 17.8 Å². The minimum absolute atomic E-state index is 0.554. The predicted molar refractivity (Wildman–Crippen MR) is 67.7 cm³/mol. The molecule has 0 aliphatic heterocycles. The lowest BCUT2D eigenvalue weighted by Crippen LogP contribution is -1.96. The van der Waals surface area contributed by atoms with Crippen molar-refractivity contribution in [1.29, 1.82) is 0 Å². The first-order valence-electron chi connectivity index (χ1n) is 4.92. The van der Waals surface area contributed by atoms with Crippen molar-refractivity contribution < 1.29 is 0 Å². The Hall–Kier alpha value is -1.58. The number of para-hydroxylation sites is 1. The fourth-order valence-electron chi connectivity index (χ4n) is 1.63. The molecule has 1 aromatic carbocycles. The quantitative estimate of drug-likeness (QED) is 0.672. The molecule has 0 atom stereocenters. The van der Waals surface area contributed by atoms with Crippen LogP contribution >= 0.6 is 23.2 Å². The van der Waals surface area contributed by atoms with E-state index in [0.717, 1.165) is 10.9 Å². The highest BCUT2D eigenvalue weighted by atomic mass is 35.5. The van der Waals surface area contributed by atoms with E-state index in [4.69, 9.17) is 23.2 Å².